The highest BCUT2D eigenvalue weighted by atomic mass is 79.9. The fraction of sp³-hybridized carbons (Fsp3) is 0.235. The van der Waals surface area contributed by atoms with Crippen molar-refractivity contribution in [2.75, 3.05) is 11.9 Å². The molecule has 0 fully saturated rings. The summed E-state index contributed by atoms with van der Waals surface area (Å²) < 4.78 is 0.895. The molecule has 0 aromatic heterocycles. The third kappa shape index (κ3) is 4.69. The van der Waals surface area contributed by atoms with Crippen LogP contribution >= 0.6 is 15.9 Å². The Balaban J connectivity index is 1.87. The van der Waals surface area contributed by atoms with E-state index >= 15 is 0 Å². The fourth-order valence-electron chi connectivity index (χ4n) is 2.02. The first kappa shape index (κ1) is 15.7. The predicted molar refractivity (Wildman–Crippen MR) is 90.4 cm³/mol. The van der Waals surface area contributed by atoms with Gasteiger partial charge in [0, 0.05) is 10.5 Å². The van der Waals surface area contributed by atoms with Gasteiger partial charge in [-0.25, -0.2) is 0 Å². The zero-order valence-electron chi connectivity index (χ0n) is 12.2. The molecule has 2 aromatic rings. The lowest BCUT2D eigenvalue weighted by molar-refractivity contribution is -0.115. The van der Waals surface area contributed by atoms with Crippen LogP contribution in [-0.2, 0) is 4.79 Å². The van der Waals surface area contributed by atoms with Crippen molar-refractivity contribution < 1.29 is 4.79 Å². The van der Waals surface area contributed by atoms with E-state index in [0.29, 0.717) is 0 Å². The Hall–Kier alpha value is -1.65. The van der Waals surface area contributed by atoms with Crippen LogP contribution in [0, 0.1) is 6.92 Å². The van der Waals surface area contributed by atoms with Gasteiger partial charge >= 0.3 is 0 Å². The van der Waals surface area contributed by atoms with E-state index in [2.05, 4.69) is 26.6 Å². The van der Waals surface area contributed by atoms with Crippen molar-refractivity contribution >= 4 is 27.5 Å². The Bertz CT molecular complexity index is 613. The van der Waals surface area contributed by atoms with Crippen LogP contribution in [0.1, 0.15) is 24.1 Å². The number of rotatable bonds is 5. The van der Waals surface area contributed by atoms with E-state index in [9.17, 15) is 4.79 Å². The average Bonchev–Trinajstić information content (AvgIpc) is 2.48. The maximum Gasteiger partial charge on any atom is 0.238 e. The van der Waals surface area contributed by atoms with Gasteiger partial charge in [0.1, 0.15) is 0 Å². The Morgan fingerprint density at radius 1 is 1.19 bits per heavy atom. The third-order valence-electron chi connectivity index (χ3n) is 3.27. The molecular weight excluding hydrogens is 328 g/mol. The largest absolute Gasteiger partial charge is 0.324 e. The number of aryl methyl sites for hydroxylation is 1. The molecule has 2 rings (SSSR count). The van der Waals surface area contributed by atoms with Crippen LogP contribution in [0.4, 0.5) is 5.69 Å². The van der Waals surface area contributed by atoms with Crippen molar-refractivity contribution in [2.45, 2.75) is 19.9 Å². The van der Waals surface area contributed by atoms with Gasteiger partial charge in [0.25, 0.3) is 0 Å². The molecule has 0 aliphatic carbocycles. The van der Waals surface area contributed by atoms with Crippen LogP contribution in [0.15, 0.2) is 53.0 Å². The van der Waals surface area contributed by atoms with E-state index in [0.717, 1.165) is 15.7 Å². The van der Waals surface area contributed by atoms with Crippen molar-refractivity contribution in [3.63, 3.8) is 0 Å². The summed E-state index contributed by atoms with van der Waals surface area (Å²) >= 11 is 3.46. The van der Waals surface area contributed by atoms with Crippen LogP contribution in [0.2, 0.25) is 0 Å². The summed E-state index contributed by atoms with van der Waals surface area (Å²) in [6.45, 7) is 4.33. The number of carbonyl (C=O) groups excluding carboxylic acids is 1. The molecule has 2 aromatic carbocycles. The molecule has 1 atom stereocenters. The van der Waals surface area contributed by atoms with Gasteiger partial charge in [-0.3, -0.25) is 4.79 Å². The molecule has 4 heteroatoms. The first-order valence-electron chi connectivity index (χ1n) is 6.90. The quantitative estimate of drug-likeness (QED) is 0.857. The number of amides is 1. The highest BCUT2D eigenvalue weighted by molar-refractivity contribution is 9.10. The van der Waals surface area contributed by atoms with Gasteiger partial charge in [0.2, 0.25) is 5.91 Å². The highest BCUT2D eigenvalue weighted by Gasteiger charge is 2.09. The molecule has 0 saturated carbocycles. The van der Waals surface area contributed by atoms with Gasteiger partial charge in [-0.1, -0.05) is 36.4 Å². The van der Waals surface area contributed by atoms with Gasteiger partial charge in [0.15, 0.2) is 0 Å². The molecule has 1 amide bonds. The molecule has 110 valence electrons. The first-order valence-corrected chi connectivity index (χ1v) is 7.70. The third-order valence-corrected chi connectivity index (χ3v) is 3.92. The SMILES string of the molecule is Cc1ccc(NC(=O)CNC(C)c2ccccc2)c(Br)c1. The Labute approximate surface area is 133 Å². The molecule has 1 unspecified atom stereocenters. The summed E-state index contributed by atoms with van der Waals surface area (Å²) in [6.07, 6.45) is 0. The van der Waals surface area contributed by atoms with Crippen LogP contribution in [0.5, 0.6) is 0 Å². The second kappa shape index (κ2) is 7.38. The Morgan fingerprint density at radius 3 is 2.57 bits per heavy atom. The second-order valence-electron chi connectivity index (χ2n) is 5.04. The number of anilines is 1. The number of hydrogen-bond donors (Lipinski definition) is 2. The Kier molecular flexibility index (Phi) is 5.53. The number of carbonyl (C=O) groups is 1. The van der Waals surface area contributed by atoms with E-state index in [1.165, 1.54) is 5.56 Å². The molecule has 3 nitrogen and oxygen atoms in total. The second-order valence-corrected chi connectivity index (χ2v) is 5.90. The van der Waals surface area contributed by atoms with E-state index in [1.807, 2.05) is 62.4 Å². The van der Waals surface area contributed by atoms with E-state index in [-0.39, 0.29) is 18.5 Å². The minimum atomic E-state index is -0.0534. The van der Waals surface area contributed by atoms with Crippen LogP contribution < -0.4 is 10.6 Å². The predicted octanol–water partition coefficient (Wildman–Crippen LogP) is 4.05. The van der Waals surface area contributed by atoms with Crippen molar-refractivity contribution in [3.8, 4) is 0 Å². The number of benzene rings is 2. The van der Waals surface area contributed by atoms with Crippen molar-refractivity contribution in [2.24, 2.45) is 0 Å². The Morgan fingerprint density at radius 2 is 1.90 bits per heavy atom. The van der Waals surface area contributed by atoms with Gasteiger partial charge in [-0.05, 0) is 53.0 Å². The summed E-state index contributed by atoms with van der Waals surface area (Å²) in [5.74, 6) is -0.0534. The van der Waals surface area contributed by atoms with Gasteiger partial charge in [-0.2, -0.15) is 0 Å². The molecule has 2 N–H and O–H groups in total. The lowest BCUT2D eigenvalue weighted by atomic mass is 10.1. The monoisotopic (exact) mass is 346 g/mol. The van der Waals surface area contributed by atoms with Crippen molar-refractivity contribution in [1.82, 2.24) is 5.32 Å². The van der Waals surface area contributed by atoms with E-state index < -0.39 is 0 Å². The van der Waals surface area contributed by atoms with Gasteiger partial charge in [0.05, 0.1) is 12.2 Å². The maximum absolute atomic E-state index is 12.0. The number of halogens is 1. The van der Waals surface area contributed by atoms with E-state index in [4.69, 9.17) is 0 Å². The van der Waals surface area contributed by atoms with Crippen LogP contribution in [-0.4, -0.2) is 12.5 Å². The van der Waals surface area contributed by atoms with Gasteiger partial charge < -0.3 is 10.6 Å². The van der Waals surface area contributed by atoms with Crippen molar-refractivity contribution in [3.05, 3.63) is 64.1 Å². The molecule has 21 heavy (non-hydrogen) atoms. The lowest BCUT2D eigenvalue weighted by Gasteiger charge is -2.14. The molecule has 0 bridgehead atoms. The molecule has 0 aliphatic rings. The minimum absolute atomic E-state index is 0.0534. The zero-order valence-corrected chi connectivity index (χ0v) is 13.8. The molecule has 0 aliphatic heterocycles. The number of hydrogen-bond acceptors (Lipinski definition) is 2. The summed E-state index contributed by atoms with van der Waals surface area (Å²) in [6, 6.07) is 16.1. The normalized spacial score (nSPS) is 12.0. The highest BCUT2D eigenvalue weighted by Crippen LogP contribution is 2.23. The average molecular weight is 347 g/mol. The summed E-state index contributed by atoms with van der Waals surface area (Å²) in [4.78, 5) is 12.0. The topological polar surface area (TPSA) is 41.1 Å². The standard InChI is InChI=1S/C17H19BrN2O/c1-12-8-9-16(15(18)10-12)20-17(21)11-19-13(2)14-6-4-3-5-7-14/h3-10,13,19H,11H2,1-2H3,(H,20,21). The summed E-state index contributed by atoms with van der Waals surface area (Å²) in [5, 5.41) is 6.12. The maximum atomic E-state index is 12.0. The van der Waals surface area contributed by atoms with Crippen molar-refractivity contribution in [1.29, 1.82) is 0 Å². The first-order chi connectivity index (χ1) is 10.1. The molecular formula is C17H19BrN2O. The van der Waals surface area contributed by atoms with E-state index in [1.54, 1.807) is 0 Å². The zero-order chi connectivity index (χ0) is 15.2. The lowest BCUT2D eigenvalue weighted by Crippen LogP contribution is -2.30. The summed E-state index contributed by atoms with van der Waals surface area (Å²) in [5.41, 5.74) is 3.11. The molecule has 0 spiro atoms. The molecule has 0 heterocycles. The smallest absolute Gasteiger partial charge is 0.238 e. The van der Waals surface area contributed by atoms with Crippen LogP contribution in [0.25, 0.3) is 0 Å². The van der Waals surface area contributed by atoms with Crippen LogP contribution in [0.3, 0.4) is 0 Å². The minimum Gasteiger partial charge on any atom is -0.324 e. The molecule has 0 saturated heterocycles. The fourth-order valence-corrected chi connectivity index (χ4v) is 2.61. The number of nitrogens with one attached hydrogen (secondary N) is 2. The summed E-state index contributed by atoms with van der Waals surface area (Å²) in [7, 11) is 0. The molecule has 0 radical (unpaired) electrons. The van der Waals surface area contributed by atoms with Gasteiger partial charge in [-0.15, -0.1) is 0 Å².